The fourth-order valence-electron chi connectivity index (χ4n) is 1.85. The normalized spacial score (nSPS) is 15.9. The average Bonchev–Trinajstić information content (AvgIpc) is 2.62. The van der Waals surface area contributed by atoms with Crippen LogP contribution in [-0.2, 0) is 18.0 Å². The number of benzene rings is 1. The Labute approximate surface area is 90.7 Å². The van der Waals surface area contributed by atoms with Crippen LogP contribution >= 0.6 is 0 Å². The van der Waals surface area contributed by atoms with Crippen LogP contribution in [0.25, 0.3) is 0 Å². The quantitative estimate of drug-likeness (QED) is 0.750. The Morgan fingerprint density at radius 1 is 1.33 bits per heavy atom. The maximum atomic E-state index is 6.07. The minimum absolute atomic E-state index is 0.000833. The van der Waals surface area contributed by atoms with Crippen LogP contribution in [0, 0.1) is 0 Å². The van der Waals surface area contributed by atoms with Crippen molar-refractivity contribution in [1.82, 2.24) is 0 Å². The van der Waals surface area contributed by atoms with Gasteiger partial charge in [0.1, 0.15) is 0 Å². The molecule has 0 radical (unpaired) electrons. The molecule has 2 heteroatoms. The molecule has 2 N–H and O–H groups in total. The Bertz CT molecular complexity index is 392. The molecule has 0 aromatic heterocycles. The molecule has 1 aliphatic rings. The molecule has 2 nitrogen and oxygen atoms in total. The van der Waals surface area contributed by atoms with E-state index in [0.29, 0.717) is 0 Å². The summed E-state index contributed by atoms with van der Waals surface area (Å²) in [5.74, 6) is 0. The van der Waals surface area contributed by atoms with Crippen LogP contribution in [0.15, 0.2) is 29.8 Å². The monoisotopic (exact) mass is 203 g/mol. The van der Waals surface area contributed by atoms with Gasteiger partial charge in [-0.05, 0) is 30.5 Å². The van der Waals surface area contributed by atoms with Crippen LogP contribution in [0.2, 0.25) is 0 Å². The van der Waals surface area contributed by atoms with E-state index in [1.165, 1.54) is 22.3 Å². The maximum Gasteiger partial charge on any atom is 0.0725 e. The van der Waals surface area contributed by atoms with Gasteiger partial charge in [0.2, 0.25) is 0 Å². The molecule has 1 atom stereocenters. The summed E-state index contributed by atoms with van der Waals surface area (Å²) in [7, 11) is 0. The predicted octanol–water partition coefficient (Wildman–Crippen LogP) is 2.68. The second-order valence-corrected chi connectivity index (χ2v) is 4.29. The van der Waals surface area contributed by atoms with Crippen LogP contribution < -0.4 is 5.73 Å². The van der Waals surface area contributed by atoms with Crippen molar-refractivity contribution in [2.75, 3.05) is 0 Å². The molecule has 0 fully saturated rings. The van der Waals surface area contributed by atoms with Crippen molar-refractivity contribution in [1.29, 1.82) is 0 Å². The van der Waals surface area contributed by atoms with Gasteiger partial charge >= 0.3 is 0 Å². The maximum absolute atomic E-state index is 6.07. The molecule has 2 rings (SSSR count). The first-order valence-corrected chi connectivity index (χ1v) is 5.27. The van der Waals surface area contributed by atoms with E-state index in [9.17, 15) is 0 Å². The van der Waals surface area contributed by atoms with Crippen LogP contribution in [0.5, 0.6) is 0 Å². The van der Waals surface area contributed by atoms with Crippen LogP contribution in [0.4, 0.5) is 0 Å². The summed E-state index contributed by atoms with van der Waals surface area (Å²) in [5.41, 5.74) is 11.1. The molecule has 1 aliphatic heterocycles. The minimum atomic E-state index is 0.000833. The van der Waals surface area contributed by atoms with E-state index in [-0.39, 0.29) is 6.04 Å². The number of hydrogen-bond acceptors (Lipinski definition) is 2. The van der Waals surface area contributed by atoms with Gasteiger partial charge in [0.25, 0.3) is 0 Å². The highest BCUT2D eigenvalue weighted by atomic mass is 16.5. The number of allylic oxidation sites excluding steroid dienone is 1. The molecule has 0 aliphatic carbocycles. The van der Waals surface area contributed by atoms with Crippen LogP contribution in [0.3, 0.4) is 0 Å². The SMILES string of the molecule is CC(C)=CC(N)c1ccc2c(c1)COC2. The van der Waals surface area contributed by atoms with Gasteiger partial charge in [-0.2, -0.15) is 0 Å². The van der Waals surface area contributed by atoms with Gasteiger partial charge in [-0.25, -0.2) is 0 Å². The lowest BCUT2D eigenvalue weighted by Crippen LogP contribution is -2.07. The molecule has 0 bridgehead atoms. The number of nitrogens with two attached hydrogens (primary N) is 1. The summed E-state index contributed by atoms with van der Waals surface area (Å²) in [6, 6.07) is 6.38. The van der Waals surface area contributed by atoms with E-state index < -0.39 is 0 Å². The lowest BCUT2D eigenvalue weighted by atomic mass is 10.0. The summed E-state index contributed by atoms with van der Waals surface area (Å²) in [5, 5.41) is 0. The predicted molar refractivity (Wildman–Crippen MR) is 61.3 cm³/mol. The highest BCUT2D eigenvalue weighted by Crippen LogP contribution is 2.23. The molecule has 1 unspecified atom stereocenters. The molecule has 0 saturated carbocycles. The zero-order valence-electron chi connectivity index (χ0n) is 9.29. The molecular weight excluding hydrogens is 186 g/mol. The summed E-state index contributed by atoms with van der Waals surface area (Å²) in [6.07, 6.45) is 2.08. The molecule has 80 valence electrons. The molecule has 1 heterocycles. The Balaban J connectivity index is 2.26. The number of ether oxygens (including phenoxy) is 1. The Hall–Kier alpha value is -1.12. The molecule has 0 amide bonds. The van der Waals surface area contributed by atoms with Gasteiger partial charge < -0.3 is 10.5 Å². The molecular formula is C13H17NO. The third kappa shape index (κ3) is 2.28. The van der Waals surface area contributed by atoms with E-state index >= 15 is 0 Å². The van der Waals surface area contributed by atoms with Crippen LogP contribution in [-0.4, -0.2) is 0 Å². The Morgan fingerprint density at radius 3 is 2.80 bits per heavy atom. The van der Waals surface area contributed by atoms with E-state index in [4.69, 9.17) is 10.5 Å². The third-order valence-corrected chi connectivity index (χ3v) is 2.64. The molecule has 1 aromatic carbocycles. The lowest BCUT2D eigenvalue weighted by molar-refractivity contribution is 0.134. The summed E-state index contributed by atoms with van der Waals surface area (Å²) >= 11 is 0. The van der Waals surface area contributed by atoms with E-state index in [1.54, 1.807) is 0 Å². The zero-order valence-corrected chi connectivity index (χ0v) is 9.29. The topological polar surface area (TPSA) is 35.2 Å². The van der Waals surface area contributed by atoms with Crippen molar-refractivity contribution in [3.05, 3.63) is 46.5 Å². The Morgan fingerprint density at radius 2 is 2.07 bits per heavy atom. The third-order valence-electron chi connectivity index (χ3n) is 2.64. The van der Waals surface area contributed by atoms with Crippen molar-refractivity contribution in [3.8, 4) is 0 Å². The first-order valence-electron chi connectivity index (χ1n) is 5.27. The van der Waals surface area contributed by atoms with Crippen LogP contribution in [0.1, 0.15) is 36.6 Å². The minimum Gasteiger partial charge on any atom is -0.372 e. The molecule has 1 aromatic rings. The fourth-order valence-corrected chi connectivity index (χ4v) is 1.85. The first kappa shape index (κ1) is 10.4. The number of rotatable bonds is 2. The largest absolute Gasteiger partial charge is 0.372 e. The molecule has 0 spiro atoms. The number of hydrogen-bond donors (Lipinski definition) is 1. The Kier molecular flexibility index (Phi) is 2.89. The second-order valence-electron chi connectivity index (χ2n) is 4.29. The summed E-state index contributed by atoms with van der Waals surface area (Å²) in [4.78, 5) is 0. The summed E-state index contributed by atoms with van der Waals surface area (Å²) < 4.78 is 5.37. The standard InChI is InChI=1S/C13H17NO/c1-9(2)5-13(14)10-3-4-11-7-15-8-12(11)6-10/h3-6,13H,7-8,14H2,1-2H3. The number of fused-ring (bicyclic) bond motifs is 1. The average molecular weight is 203 g/mol. The van der Waals surface area contributed by atoms with Gasteiger partial charge in [-0.3, -0.25) is 0 Å². The van der Waals surface area contributed by atoms with E-state index in [2.05, 4.69) is 38.1 Å². The van der Waals surface area contributed by atoms with E-state index in [0.717, 1.165) is 13.2 Å². The summed E-state index contributed by atoms with van der Waals surface area (Å²) in [6.45, 7) is 5.60. The lowest BCUT2D eigenvalue weighted by Gasteiger charge is -2.09. The first-order chi connectivity index (χ1) is 7.16. The van der Waals surface area contributed by atoms with Crippen molar-refractivity contribution in [3.63, 3.8) is 0 Å². The van der Waals surface area contributed by atoms with Gasteiger partial charge in [-0.1, -0.05) is 29.8 Å². The smallest absolute Gasteiger partial charge is 0.0725 e. The molecule has 0 saturated heterocycles. The zero-order chi connectivity index (χ0) is 10.8. The van der Waals surface area contributed by atoms with Gasteiger partial charge in [0, 0.05) is 6.04 Å². The highest BCUT2D eigenvalue weighted by molar-refractivity contribution is 5.36. The van der Waals surface area contributed by atoms with Gasteiger partial charge in [0.05, 0.1) is 13.2 Å². The van der Waals surface area contributed by atoms with E-state index in [1.807, 2.05) is 0 Å². The highest BCUT2D eigenvalue weighted by Gasteiger charge is 2.12. The van der Waals surface area contributed by atoms with Gasteiger partial charge in [-0.15, -0.1) is 0 Å². The van der Waals surface area contributed by atoms with Crippen molar-refractivity contribution < 1.29 is 4.74 Å². The van der Waals surface area contributed by atoms with Gasteiger partial charge in [0.15, 0.2) is 0 Å². The second kappa shape index (κ2) is 4.17. The van der Waals surface area contributed by atoms with Crippen molar-refractivity contribution in [2.24, 2.45) is 5.73 Å². The molecule has 15 heavy (non-hydrogen) atoms. The fraction of sp³-hybridized carbons (Fsp3) is 0.385. The van der Waals surface area contributed by atoms with Crippen molar-refractivity contribution in [2.45, 2.75) is 33.1 Å². The van der Waals surface area contributed by atoms with Crippen molar-refractivity contribution >= 4 is 0 Å².